The second kappa shape index (κ2) is 17.4. The first kappa shape index (κ1) is 42.0. The largest absolute Gasteiger partial charge is 0.309 e. The van der Waals surface area contributed by atoms with Gasteiger partial charge in [0.1, 0.15) is 0 Å². The molecule has 10 aromatic carbocycles. The van der Waals surface area contributed by atoms with Gasteiger partial charge in [-0.2, -0.15) is 10.5 Å². The minimum absolute atomic E-state index is 0.618. The molecule has 0 aliphatic heterocycles. The predicted molar refractivity (Wildman–Crippen MR) is 293 cm³/mol. The van der Waals surface area contributed by atoms with Crippen molar-refractivity contribution in [3.8, 4) is 90.8 Å². The van der Waals surface area contributed by atoms with Crippen LogP contribution in [-0.2, 0) is 0 Å². The van der Waals surface area contributed by atoms with Gasteiger partial charge in [-0.15, -0.1) is 0 Å². The molecule has 0 amide bonds. The Bertz CT molecular complexity index is 4100. The number of hydrogen-bond acceptors (Lipinski definition) is 4. The zero-order chi connectivity index (χ0) is 48.1. The third-order valence-electron chi connectivity index (χ3n) is 13.8. The van der Waals surface area contributed by atoms with E-state index in [2.05, 4.69) is 179 Å². The quantitative estimate of drug-likeness (QED) is 0.152. The Labute approximate surface area is 415 Å². The molecule has 72 heavy (non-hydrogen) atoms. The summed E-state index contributed by atoms with van der Waals surface area (Å²) >= 11 is 0. The highest BCUT2D eigenvalue weighted by Crippen LogP contribution is 2.44. The number of fused-ring (bicyclic) bond motifs is 6. The molecule has 0 bridgehead atoms. The molecule has 13 rings (SSSR count). The van der Waals surface area contributed by atoms with Crippen molar-refractivity contribution in [3.63, 3.8) is 0 Å². The number of hydrogen-bond donors (Lipinski definition) is 0. The van der Waals surface area contributed by atoms with Crippen molar-refractivity contribution in [1.82, 2.24) is 19.1 Å². The molecule has 334 valence electrons. The molecule has 0 aliphatic rings. The van der Waals surface area contributed by atoms with Crippen LogP contribution in [0.2, 0.25) is 0 Å². The van der Waals surface area contributed by atoms with E-state index in [1.807, 2.05) is 84.9 Å². The van der Waals surface area contributed by atoms with Crippen LogP contribution in [0.4, 0.5) is 0 Å². The third kappa shape index (κ3) is 7.19. The Balaban J connectivity index is 1.11. The van der Waals surface area contributed by atoms with Crippen LogP contribution >= 0.6 is 0 Å². The summed E-state index contributed by atoms with van der Waals surface area (Å²) in [5, 5.41) is 23.8. The van der Waals surface area contributed by atoms with Crippen LogP contribution < -0.4 is 0 Å². The Kier molecular flexibility index (Phi) is 10.2. The Hall–Kier alpha value is -10.1. The van der Waals surface area contributed by atoms with Gasteiger partial charge in [-0.25, -0.2) is 9.97 Å². The van der Waals surface area contributed by atoms with Gasteiger partial charge < -0.3 is 9.13 Å². The molecule has 6 nitrogen and oxygen atoms in total. The fourth-order valence-electron chi connectivity index (χ4n) is 10.4. The molecule has 0 saturated heterocycles. The number of nitriles is 2. The molecule has 6 heteroatoms. The highest BCUT2D eigenvalue weighted by Gasteiger charge is 2.23. The molecular formula is C66H40N6. The van der Waals surface area contributed by atoms with E-state index in [0.717, 1.165) is 106 Å². The van der Waals surface area contributed by atoms with Crippen LogP contribution in [0.3, 0.4) is 0 Å². The van der Waals surface area contributed by atoms with Crippen LogP contribution in [0.25, 0.3) is 122 Å². The number of aromatic nitrogens is 4. The molecule has 0 atom stereocenters. The Morgan fingerprint density at radius 3 is 1.29 bits per heavy atom. The molecule has 0 aliphatic carbocycles. The van der Waals surface area contributed by atoms with Gasteiger partial charge in [0.05, 0.1) is 68.1 Å². The summed E-state index contributed by atoms with van der Waals surface area (Å²) in [6.07, 6.45) is 0. The van der Waals surface area contributed by atoms with Crippen molar-refractivity contribution in [2.45, 2.75) is 0 Å². The predicted octanol–water partition coefficient (Wildman–Crippen LogP) is 16.4. The summed E-state index contributed by atoms with van der Waals surface area (Å²) in [5.74, 6) is 0.650. The highest BCUT2D eigenvalue weighted by atomic mass is 15.0. The summed E-state index contributed by atoms with van der Waals surface area (Å²) < 4.78 is 4.81. The second-order valence-corrected chi connectivity index (χ2v) is 18.0. The number of rotatable bonds is 8. The van der Waals surface area contributed by atoms with E-state index in [0.29, 0.717) is 17.0 Å². The normalized spacial score (nSPS) is 11.3. The van der Waals surface area contributed by atoms with Gasteiger partial charge in [-0.1, -0.05) is 164 Å². The summed E-state index contributed by atoms with van der Waals surface area (Å²) in [7, 11) is 0. The molecule has 0 saturated carbocycles. The monoisotopic (exact) mass is 916 g/mol. The van der Waals surface area contributed by atoms with Gasteiger partial charge in [-0.3, -0.25) is 0 Å². The summed E-state index contributed by atoms with van der Waals surface area (Å²) in [4.78, 5) is 10.5. The molecule has 3 aromatic heterocycles. The number of benzene rings is 10. The highest BCUT2D eigenvalue weighted by molar-refractivity contribution is 6.13. The fourth-order valence-corrected chi connectivity index (χ4v) is 10.4. The number of nitrogens with zero attached hydrogens (tertiary/aromatic N) is 6. The van der Waals surface area contributed by atoms with Crippen molar-refractivity contribution < 1.29 is 0 Å². The zero-order valence-electron chi connectivity index (χ0n) is 38.8. The molecule has 0 spiro atoms. The Morgan fingerprint density at radius 1 is 0.292 bits per heavy atom. The fraction of sp³-hybridized carbons (Fsp3) is 0. The van der Waals surface area contributed by atoms with Gasteiger partial charge in [0.15, 0.2) is 5.82 Å². The lowest BCUT2D eigenvalue weighted by molar-refractivity contribution is 1.15. The SMILES string of the molecule is N#Cc1ccc(-c2ccc3c(c2)c2cc(-c4ccc(C#N)cc4)ccc2n3-c2cc(-c3cc(-c4ccccc4)nc(-c4ccccc4)n3)ccc2-c2ccccc2-n2c3ccccc3c3ccccc32)cc1. The zero-order valence-corrected chi connectivity index (χ0v) is 38.8. The molecule has 0 radical (unpaired) electrons. The topological polar surface area (TPSA) is 83.2 Å². The average Bonchev–Trinajstić information content (AvgIpc) is 3.97. The molecular weight excluding hydrogens is 877 g/mol. The summed E-state index contributed by atoms with van der Waals surface area (Å²) in [6.45, 7) is 0. The maximum atomic E-state index is 9.63. The van der Waals surface area contributed by atoms with Crippen molar-refractivity contribution >= 4 is 43.6 Å². The van der Waals surface area contributed by atoms with Crippen LogP contribution in [0.1, 0.15) is 11.1 Å². The van der Waals surface area contributed by atoms with Crippen molar-refractivity contribution in [1.29, 1.82) is 10.5 Å². The van der Waals surface area contributed by atoms with Crippen LogP contribution in [-0.4, -0.2) is 19.1 Å². The molecule has 13 aromatic rings. The summed E-state index contributed by atoms with van der Waals surface area (Å²) in [6, 6.07) is 88.8. The standard InChI is InChI=1S/C66H40N6/c67-41-43-23-27-45(28-24-43)49-32-35-63-56(37-49)57-38-50(46-29-25-44(42-68)26-30-46)33-36-64(57)72(63)65-39-51(59-40-58(47-13-3-1-4-14-47)69-66(70-59)48-15-5-2-6-16-48)31-34-55(65)54-19-9-12-22-62(54)71-60-20-10-7-17-52(60)53-18-8-11-21-61(53)71/h1-40H. The van der Waals surface area contributed by atoms with Gasteiger partial charge in [0.2, 0.25) is 0 Å². The van der Waals surface area contributed by atoms with E-state index in [-0.39, 0.29) is 0 Å². The van der Waals surface area contributed by atoms with E-state index >= 15 is 0 Å². The van der Waals surface area contributed by atoms with Crippen molar-refractivity contribution in [2.24, 2.45) is 0 Å². The summed E-state index contributed by atoms with van der Waals surface area (Å²) in [5.41, 5.74) is 18.4. The van der Waals surface area contributed by atoms with Crippen LogP contribution in [0.15, 0.2) is 243 Å². The smallest absolute Gasteiger partial charge is 0.160 e. The van der Waals surface area contributed by atoms with Crippen molar-refractivity contribution in [3.05, 3.63) is 254 Å². The third-order valence-corrected chi connectivity index (χ3v) is 13.8. The van der Waals surface area contributed by atoms with Crippen LogP contribution in [0.5, 0.6) is 0 Å². The molecule has 0 N–H and O–H groups in total. The minimum atomic E-state index is 0.618. The molecule has 0 fully saturated rings. The lowest BCUT2D eigenvalue weighted by atomic mass is 9.97. The van der Waals surface area contributed by atoms with E-state index in [4.69, 9.17) is 9.97 Å². The van der Waals surface area contributed by atoms with Gasteiger partial charge in [0.25, 0.3) is 0 Å². The van der Waals surface area contributed by atoms with Crippen LogP contribution in [0, 0.1) is 22.7 Å². The van der Waals surface area contributed by atoms with Gasteiger partial charge in [0, 0.05) is 49.4 Å². The van der Waals surface area contributed by atoms with E-state index < -0.39 is 0 Å². The Morgan fingerprint density at radius 2 is 0.722 bits per heavy atom. The maximum absolute atomic E-state index is 9.63. The average molecular weight is 917 g/mol. The first-order valence-electron chi connectivity index (χ1n) is 23.9. The van der Waals surface area contributed by atoms with E-state index in [1.165, 1.54) is 10.8 Å². The lowest BCUT2D eigenvalue weighted by Gasteiger charge is -2.20. The number of para-hydroxylation sites is 3. The molecule has 3 heterocycles. The lowest BCUT2D eigenvalue weighted by Crippen LogP contribution is -2.02. The first-order valence-corrected chi connectivity index (χ1v) is 23.9. The van der Waals surface area contributed by atoms with Gasteiger partial charge in [-0.05, 0) is 101 Å². The van der Waals surface area contributed by atoms with E-state index in [9.17, 15) is 10.5 Å². The molecule has 0 unspecified atom stereocenters. The first-order chi connectivity index (χ1) is 35.6. The maximum Gasteiger partial charge on any atom is 0.160 e. The van der Waals surface area contributed by atoms with Gasteiger partial charge >= 0.3 is 0 Å². The minimum Gasteiger partial charge on any atom is -0.309 e. The second-order valence-electron chi connectivity index (χ2n) is 18.0. The van der Waals surface area contributed by atoms with E-state index in [1.54, 1.807) is 0 Å². The van der Waals surface area contributed by atoms with Crippen molar-refractivity contribution in [2.75, 3.05) is 0 Å².